The smallest absolute Gasteiger partial charge is 0.376 e. The molecule has 0 atom stereocenters. The molecule has 88 valence electrons. The third kappa shape index (κ3) is 1.47. The fourth-order valence-corrected chi connectivity index (χ4v) is 1.37. The number of aromatic nitrogens is 3. The summed E-state index contributed by atoms with van der Waals surface area (Å²) in [5.74, 6) is -1.09. The van der Waals surface area contributed by atoms with Crippen molar-refractivity contribution in [1.82, 2.24) is 15.0 Å². The number of H-pyrrole nitrogens is 3. The fraction of sp³-hybridized carbons (Fsp3) is 0. The number of hydrogen-bond acceptors (Lipinski definition) is 6. The molecule has 0 aromatic carbocycles. The quantitative estimate of drug-likeness (QED) is 0.350. The van der Waals surface area contributed by atoms with Gasteiger partial charge in [0.05, 0.1) is 4.92 Å². The van der Waals surface area contributed by atoms with E-state index in [9.17, 15) is 29.6 Å². The maximum atomic E-state index is 11.3. The van der Waals surface area contributed by atoms with E-state index in [4.69, 9.17) is 0 Å². The molecule has 0 fully saturated rings. The number of fused-ring (bicyclic) bond motifs is 1. The molecule has 10 nitrogen and oxygen atoms in total. The van der Waals surface area contributed by atoms with E-state index in [-0.39, 0.29) is 5.65 Å². The van der Waals surface area contributed by atoms with E-state index >= 15 is 0 Å². The zero-order valence-electron chi connectivity index (χ0n) is 7.94. The third-order valence-electron chi connectivity index (χ3n) is 2.04. The predicted molar refractivity (Wildman–Crippen MR) is 54.1 cm³/mol. The van der Waals surface area contributed by atoms with Crippen molar-refractivity contribution in [3.63, 3.8) is 0 Å². The lowest BCUT2D eigenvalue weighted by atomic mass is 10.3. The number of pyridine rings is 1. The van der Waals surface area contributed by atoms with Gasteiger partial charge in [-0.05, 0) is 0 Å². The largest absolute Gasteiger partial charge is 0.501 e. The number of aromatic hydroxyl groups is 1. The van der Waals surface area contributed by atoms with Gasteiger partial charge in [-0.15, -0.1) is 0 Å². The van der Waals surface area contributed by atoms with E-state index in [1.165, 1.54) is 0 Å². The Morgan fingerprint density at radius 1 is 1.06 bits per heavy atom. The first-order valence-electron chi connectivity index (χ1n) is 4.17. The number of aromatic amines is 3. The molecule has 10 heteroatoms. The van der Waals surface area contributed by atoms with E-state index in [1.807, 2.05) is 9.97 Å². The van der Waals surface area contributed by atoms with E-state index in [0.29, 0.717) is 0 Å². The fourth-order valence-electron chi connectivity index (χ4n) is 1.37. The maximum absolute atomic E-state index is 11.3. The van der Waals surface area contributed by atoms with Crippen molar-refractivity contribution in [3.05, 3.63) is 41.3 Å². The first kappa shape index (κ1) is 10.6. The lowest BCUT2D eigenvalue weighted by Gasteiger charge is -1.99. The topological polar surface area (TPSA) is 162 Å². The van der Waals surface area contributed by atoms with E-state index < -0.39 is 38.6 Å². The van der Waals surface area contributed by atoms with E-state index in [0.717, 1.165) is 0 Å². The minimum atomic E-state index is -1.22. The van der Waals surface area contributed by atoms with E-state index in [1.54, 1.807) is 4.98 Å². The molecule has 0 amide bonds. The second kappa shape index (κ2) is 3.30. The summed E-state index contributed by atoms with van der Waals surface area (Å²) in [6.45, 7) is 0. The minimum Gasteiger partial charge on any atom is -0.501 e. The van der Waals surface area contributed by atoms with Crippen molar-refractivity contribution in [1.29, 1.82) is 0 Å². The number of nitro groups is 1. The van der Waals surface area contributed by atoms with Crippen LogP contribution in [0, 0.1) is 10.1 Å². The van der Waals surface area contributed by atoms with Gasteiger partial charge < -0.3 is 10.1 Å². The minimum absolute atomic E-state index is 0.383. The monoisotopic (exact) mass is 240 g/mol. The number of hydrogen-bond donors (Lipinski definition) is 4. The van der Waals surface area contributed by atoms with Crippen LogP contribution in [0.1, 0.15) is 0 Å². The standard InChI is InChI=1S/C7H4N4O6/c12-3-1-4(9-7(15)10-5(1)13)8-6(14)2(3)11(16)17/h(H4,8,9,10,12,13,14,15). The molecule has 2 rings (SSSR count). The summed E-state index contributed by atoms with van der Waals surface area (Å²) in [4.78, 5) is 48.6. The Morgan fingerprint density at radius 2 is 1.71 bits per heavy atom. The highest BCUT2D eigenvalue weighted by Crippen LogP contribution is 2.25. The average Bonchev–Trinajstić information content (AvgIpc) is 2.13. The lowest BCUT2D eigenvalue weighted by Crippen LogP contribution is -2.25. The highest BCUT2D eigenvalue weighted by atomic mass is 16.6. The lowest BCUT2D eigenvalue weighted by molar-refractivity contribution is -0.387. The van der Waals surface area contributed by atoms with Gasteiger partial charge in [0.1, 0.15) is 11.0 Å². The van der Waals surface area contributed by atoms with Gasteiger partial charge in [-0.2, -0.15) is 0 Å². The van der Waals surface area contributed by atoms with Crippen LogP contribution in [0.3, 0.4) is 0 Å². The molecule has 2 heterocycles. The van der Waals surface area contributed by atoms with Crippen LogP contribution in [0.25, 0.3) is 11.0 Å². The van der Waals surface area contributed by atoms with Crippen LogP contribution in [0.5, 0.6) is 5.75 Å². The Bertz CT molecular complexity index is 797. The van der Waals surface area contributed by atoms with Gasteiger partial charge in [0.2, 0.25) is 5.75 Å². The second-order valence-electron chi connectivity index (χ2n) is 3.07. The van der Waals surface area contributed by atoms with E-state index in [2.05, 4.69) is 0 Å². The summed E-state index contributed by atoms with van der Waals surface area (Å²) in [5.41, 5.74) is -4.71. The van der Waals surface area contributed by atoms with Gasteiger partial charge >= 0.3 is 16.9 Å². The summed E-state index contributed by atoms with van der Waals surface area (Å²) >= 11 is 0. The van der Waals surface area contributed by atoms with Crippen LogP contribution in [0.4, 0.5) is 5.69 Å². The molecule has 0 spiro atoms. The molecular formula is C7H4N4O6. The Hall–Kier alpha value is -2.91. The number of nitrogens with zero attached hydrogens (tertiary/aromatic N) is 1. The molecule has 0 saturated heterocycles. The Labute approximate surface area is 89.7 Å². The number of nitrogens with one attached hydrogen (secondary N) is 3. The van der Waals surface area contributed by atoms with Crippen molar-refractivity contribution in [2.24, 2.45) is 0 Å². The molecule has 4 N–H and O–H groups in total. The van der Waals surface area contributed by atoms with Crippen molar-refractivity contribution in [3.8, 4) is 5.75 Å². The Morgan fingerprint density at radius 3 is 2.29 bits per heavy atom. The van der Waals surface area contributed by atoms with Gasteiger partial charge in [-0.1, -0.05) is 0 Å². The van der Waals surface area contributed by atoms with Gasteiger partial charge in [0.25, 0.3) is 5.56 Å². The van der Waals surface area contributed by atoms with Gasteiger partial charge in [0, 0.05) is 0 Å². The zero-order valence-corrected chi connectivity index (χ0v) is 7.94. The third-order valence-corrected chi connectivity index (χ3v) is 2.04. The maximum Gasteiger partial charge on any atom is 0.376 e. The summed E-state index contributed by atoms with van der Waals surface area (Å²) in [6.07, 6.45) is 0. The summed E-state index contributed by atoms with van der Waals surface area (Å²) in [7, 11) is 0. The first-order valence-corrected chi connectivity index (χ1v) is 4.17. The highest BCUT2D eigenvalue weighted by molar-refractivity contribution is 5.84. The Balaban J connectivity index is 3.14. The van der Waals surface area contributed by atoms with Crippen LogP contribution in [-0.2, 0) is 0 Å². The van der Waals surface area contributed by atoms with Gasteiger partial charge in [-0.3, -0.25) is 29.7 Å². The molecule has 2 aromatic rings. The van der Waals surface area contributed by atoms with Crippen molar-refractivity contribution in [2.75, 3.05) is 0 Å². The van der Waals surface area contributed by atoms with Crippen LogP contribution in [-0.4, -0.2) is 25.0 Å². The molecule has 0 radical (unpaired) electrons. The summed E-state index contributed by atoms with van der Waals surface area (Å²) in [6, 6.07) is 0. The average molecular weight is 240 g/mol. The van der Waals surface area contributed by atoms with Crippen LogP contribution >= 0.6 is 0 Å². The number of rotatable bonds is 1. The van der Waals surface area contributed by atoms with Crippen LogP contribution in [0.2, 0.25) is 0 Å². The molecule has 0 saturated carbocycles. The predicted octanol–water partition coefficient (Wildman–Crippen LogP) is -1.48. The summed E-state index contributed by atoms with van der Waals surface area (Å²) in [5, 5.41) is 19.4. The second-order valence-corrected chi connectivity index (χ2v) is 3.07. The van der Waals surface area contributed by atoms with Crippen LogP contribution < -0.4 is 16.8 Å². The molecule has 0 unspecified atom stereocenters. The molecule has 0 bridgehead atoms. The SMILES string of the molecule is O=c1[nH]c(=O)c2c(O)c([N+](=O)[O-])c(=O)[nH]c2[nH]1. The zero-order chi connectivity index (χ0) is 12.7. The molecule has 0 aliphatic heterocycles. The first-order chi connectivity index (χ1) is 7.91. The Kier molecular flexibility index (Phi) is 2.06. The van der Waals surface area contributed by atoms with Gasteiger partial charge in [0.15, 0.2) is 0 Å². The van der Waals surface area contributed by atoms with Crippen molar-refractivity contribution < 1.29 is 10.0 Å². The normalized spacial score (nSPS) is 10.6. The van der Waals surface area contributed by atoms with Crippen molar-refractivity contribution in [2.45, 2.75) is 0 Å². The molecular weight excluding hydrogens is 236 g/mol. The molecule has 0 aliphatic carbocycles. The molecule has 2 aromatic heterocycles. The molecule has 17 heavy (non-hydrogen) atoms. The van der Waals surface area contributed by atoms with Crippen LogP contribution in [0.15, 0.2) is 14.4 Å². The summed E-state index contributed by atoms with van der Waals surface area (Å²) < 4.78 is 0. The molecule has 0 aliphatic rings. The van der Waals surface area contributed by atoms with Gasteiger partial charge in [-0.25, -0.2) is 4.79 Å². The van der Waals surface area contributed by atoms with Crippen molar-refractivity contribution >= 4 is 16.7 Å². The highest BCUT2D eigenvalue weighted by Gasteiger charge is 2.24.